The first-order valence-corrected chi connectivity index (χ1v) is 8.71. The summed E-state index contributed by atoms with van der Waals surface area (Å²) in [5, 5.41) is 5.94. The van der Waals surface area contributed by atoms with E-state index in [-0.39, 0.29) is 11.9 Å². The van der Waals surface area contributed by atoms with Gasteiger partial charge < -0.3 is 10.2 Å². The summed E-state index contributed by atoms with van der Waals surface area (Å²) in [6, 6.07) is 9.50. The normalized spacial score (nSPS) is 12.7. The van der Waals surface area contributed by atoms with Gasteiger partial charge >= 0.3 is 0 Å². The Balaban J connectivity index is 1.93. The lowest BCUT2D eigenvalue weighted by molar-refractivity contribution is -0.116. The standard InChI is InChI=1S/C17H18Cl2N2OS/c1-21(2)15(16-4-3-9-23-16)11-20-17(22)8-6-12-5-7-13(18)14(19)10-12/h3-10,15H,11H2,1-2H3,(H,20,22)/b8-6+/t15-/m1/s1. The lowest BCUT2D eigenvalue weighted by Gasteiger charge is -2.23. The van der Waals surface area contributed by atoms with Crippen LogP contribution in [0.5, 0.6) is 0 Å². The highest BCUT2D eigenvalue weighted by Gasteiger charge is 2.15. The molecular weight excluding hydrogens is 351 g/mol. The summed E-state index contributed by atoms with van der Waals surface area (Å²) < 4.78 is 0. The largest absolute Gasteiger partial charge is 0.351 e. The maximum Gasteiger partial charge on any atom is 0.244 e. The number of hydrogen-bond donors (Lipinski definition) is 1. The molecule has 2 aromatic rings. The Bertz CT molecular complexity index is 684. The highest BCUT2D eigenvalue weighted by molar-refractivity contribution is 7.10. The van der Waals surface area contributed by atoms with Gasteiger partial charge in [-0.25, -0.2) is 0 Å². The van der Waals surface area contributed by atoms with Gasteiger partial charge in [-0.2, -0.15) is 0 Å². The second kappa shape index (κ2) is 8.50. The van der Waals surface area contributed by atoms with Crippen LogP contribution in [0.25, 0.3) is 6.08 Å². The predicted octanol–water partition coefficient (Wildman–Crippen LogP) is 4.49. The molecule has 3 nitrogen and oxygen atoms in total. The van der Waals surface area contributed by atoms with Crippen LogP contribution >= 0.6 is 34.5 Å². The van der Waals surface area contributed by atoms with Crippen LogP contribution in [0.3, 0.4) is 0 Å². The molecule has 23 heavy (non-hydrogen) atoms. The van der Waals surface area contributed by atoms with Gasteiger partial charge in [0.15, 0.2) is 0 Å². The maximum absolute atomic E-state index is 12.0. The maximum atomic E-state index is 12.0. The topological polar surface area (TPSA) is 32.3 Å². The number of thiophene rings is 1. The number of carbonyl (C=O) groups is 1. The second-order valence-electron chi connectivity index (χ2n) is 5.25. The molecular formula is C17H18Cl2N2OS. The summed E-state index contributed by atoms with van der Waals surface area (Å²) in [6.07, 6.45) is 3.22. The zero-order valence-electron chi connectivity index (χ0n) is 12.9. The third kappa shape index (κ3) is 5.36. The van der Waals surface area contributed by atoms with E-state index < -0.39 is 0 Å². The van der Waals surface area contributed by atoms with Crippen molar-refractivity contribution in [2.24, 2.45) is 0 Å². The number of rotatable bonds is 6. The Morgan fingerprint density at radius 2 is 2.09 bits per heavy atom. The van der Waals surface area contributed by atoms with Gasteiger partial charge in [-0.3, -0.25) is 4.79 Å². The number of nitrogens with zero attached hydrogens (tertiary/aromatic N) is 1. The number of hydrogen-bond acceptors (Lipinski definition) is 3. The van der Waals surface area contributed by atoms with Crippen LogP contribution in [0.15, 0.2) is 41.8 Å². The second-order valence-corrected chi connectivity index (χ2v) is 7.04. The van der Waals surface area contributed by atoms with Gasteiger partial charge in [-0.05, 0) is 49.3 Å². The fraction of sp³-hybridized carbons (Fsp3) is 0.235. The first-order chi connectivity index (χ1) is 11.0. The zero-order valence-corrected chi connectivity index (χ0v) is 15.3. The molecule has 0 aliphatic rings. The van der Waals surface area contributed by atoms with Crippen LogP contribution in [0.2, 0.25) is 10.0 Å². The molecule has 0 unspecified atom stereocenters. The van der Waals surface area contributed by atoms with Crippen molar-refractivity contribution < 1.29 is 4.79 Å². The lowest BCUT2D eigenvalue weighted by atomic mass is 10.2. The van der Waals surface area contributed by atoms with E-state index in [1.807, 2.05) is 31.6 Å². The van der Waals surface area contributed by atoms with Crippen molar-refractivity contribution in [3.63, 3.8) is 0 Å². The van der Waals surface area contributed by atoms with Crippen molar-refractivity contribution in [1.82, 2.24) is 10.2 Å². The highest BCUT2D eigenvalue weighted by Crippen LogP contribution is 2.23. The molecule has 2 rings (SSSR count). The van der Waals surface area contributed by atoms with E-state index in [1.165, 1.54) is 11.0 Å². The van der Waals surface area contributed by atoms with Crippen LogP contribution < -0.4 is 5.32 Å². The number of halogens is 2. The number of carbonyl (C=O) groups excluding carboxylic acids is 1. The van der Waals surface area contributed by atoms with Crippen LogP contribution in [-0.2, 0) is 4.79 Å². The third-order valence-electron chi connectivity index (χ3n) is 3.34. The van der Waals surface area contributed by atoms with Gasteiger partial charge in [0.25, 0.3) is 0 Å². The minimum atomic E-state index is -0.139. The first kappa shape index (κ1) is 18.0. The summed E-state index contributed by atoms with van der Waals surface area (Å²) in [7, 11) is 4.00. The van der Waals surface area contributed by atoms with E-state index in [9.17, 15) is 4.79 Å². The highest BCUT2D eigenvalue weighted by atomic mass is 35.5. The van der Waals surface area contributed by atoms with Gasteiger partial charge in [-0.1, -0.05) is 35.3 Å². The molecule has 0 saturated carbocycles. The monoisotopic (exact) mass is 368 g/mol. The van der Waals surface area contributed by atoms with E-state index in [1.54, 1.807) is 29.5 Å². The van der Waals surface area contributed by atoms with Crippen LogP contribution in [0, 0.1) is 0 Å². The Hall–Kier alpha value is -1.33. The molecule has 1 heterocycles. The molecule has 0 radical (unpaired) electrons. The van der Waals surface area contributed by atoms with E-state index in [2.05, 4.69) is 16.3 Å². The average Bonchev–Trinajstić information content (AvgIpc) is 3.02. The van der Waals surface area contributed by atoms with Crippen LogP contribution in [-0.4, -0.2) is 31.4 Å². The molecule has 1 atom stereocenters. The molecule has 122 valence electrons. The fourth-order valence-electron chi connectivity index (χ4n) is 2.06. The molecule has 6 heteroatoms. The minimum absolute atomic E-state index is 0.139. The van der Waals surface area contributed by atoms with Crippen molar-refractivity contribution in [3.05, 3.63) is 62.3 Å². The van der Waals surface area contributed by atoms with E-state index in [0.717, 1.165) is 5.56 Å². The number of amides is 1. The first-order valence-electron chi connectivity index (χ1n) is 7.08. The van der Waals surface area contributed by atoms with Crippen molar-refractivity contribution in [2.45, 2.75) is 6.04 Å². The Morgan fingerprint density at radius 1 is 1.30 bits per heavy atom. The van der Waals surface area contributed by atoms with Gasteiger partial charge in [0.2, 0.25) is 5.91 Å². The van der Waals surface area contributed by atoms with Gasteiger partial charge in [-0.15, -0.1) is 11.3 Å². The SMILES string of the molecule is CN(C)[C@H](CNC(=O)/C=C/c1ccc(Cl)c(Cl)c1)c1cccs1. The van der Waals surface area contributed by atoms with Crippen molar-refractivity contribution in [2.75, 3.05) is 20.6 Å². The van der Waals surface area contributed by atoms with Gasteiger partial charge in [0, 0.05) is 17.5 Å². The van der Waals surface area contributed by atoms with Crippen LogP contribution in [0.4, 0.5) is 0 Å². The zero-order chi connectivity index (χ0) is 16.8. The van der Waals surface area contributed by atoms with Crippen molar-refractivity contribution >= 4 is 46.5 Å². The molecule has 1 aromatic heterocycles. The molecule has 1 aromatic carbocycles. The number of nitrogens with one attached hydrogen (secondary N) is 1. The molecule has 0 saturated heterocycles. The number of benzene rings is 1. The Kier molecular flexibility index (Phi) is 6.66. The predicted molar refractivity (Wildman–Crippen MR) is 99.3 cm³/mol. The lowest BCUT2D eigenvalue weighted by Crippen LogP contribution is -2.33. The van der Waals surface area contributed by atoms with Crippen molar-refractivity contribution in [1.29, 1.82) is 0 Å². The van der Waals surface area contributed by atoms with Gasteiger partial charge in [0.05, 0.1) is 16.1 Å². The third-order valence-corrected chi connectivity index (χ3v) is 5.05. The smallest absolute Gasteiger partial charge is 0.244 e. The molecule has 0 fully saturated rings. The molecule has 1 N–H and O–H groups in total. The van der Waals surface area contributed by atoms with E-state index in [4.69, 9.17) is 23.2 Å². The molecule has 0 aliphatic carbocycles. The Morgan fingerprint density at radius 3 is 2.70 bits per heavy atom. The molecule has 0 aliphatic heterocycles. The quantitative estimate of drug-likeness (QED) is 0.761. The summed E-state index contributed by atoms with van der Waals surface area (Å²) in [4.78, 5) is 15.3. The summed E-state index contributed by atoms with van der Waals surface area (Å²) in [5.74, 6) is -0.139. The van der Waals surface area contributed by atoms with Crippen LogP contribution in [0.1, 0.15) is 16.5 Å². The average molecular weight is 369 g/mol. The van der Waals surface area contributed by atoms with E-state index in [0.29, 0.717) is 16.6 Å². The van der Waals surface area contributed by atoms with Gasteiger partial charge in [0.1, 0.15) is 0 Å². The van der Waals surface area contributed by atoms with Crippen molar-refractivity contribution in [3.8, 4) is 0 Å². The molecule has 0 spiro atoms. The summed E-state index contributed by atoms with van der Waals surface area (Å²) in [6.45, 7) is 0.554. The van der Waals surface area contributed by atoms with E-state index >= 15 is 0 Å². The molecule has 0 bridgehead atoms. The summed E-state index contributed by atoms with van der Waals surface area (Å²) in [5.41, 5.74) is 0.831. The minimum Gasteiger partial charge on any atom is -0.351 e. The molecule has 1 amide bonds. The summed E-state index contributed by atoms with van der Waals surface area (Å²) >= 11 is 13.5. The Labute approximate surface area is 150 Å². The number of likely N-dealkylation sites (N-methyl/N-ethyl adjacent to an activating group) is 1. The fourth-order valence-corrected chi connectivity index (χ4v) is 3.29.